The number of rotatable bonds is 5. The van der Waals surface area contributed by atoms with Crippen molar-refractivity contribution in [3.05, 3.63) is 199 Å². The Balaban J connectivity index is 1.26. The van der Waals surface area contributed by atoms with Crippen molar-refractivity contribution in [2.45, 2.75) is 6.04 Å². The molecule has 0 aliphatic carbocycles. The Morgan fingerprint density at radius 3 is 1.58 bits per heavy atom. The first kappa shape index (κ1) is 28.0. The van der Waals surface area contributed by atoms with Gasteiger partial charge in [0, 0.05) is 11.1 Å². The van der Waals surface area contributed by atoms with Crippen molar-refractivity contribution < 1.29 is 0 Å². The molecule has 1 unspecified atom stereocenters. The molecule has 0 bridgehead atoms. The molecule has 1 atom stereocenters. The molecule has 9 rings (SSSR count). The number of fused-ring (bicyclic) bond motifs is 3. The third kappa shape index (κ3) is 5.24. The number of hydrogen-bond acceptors (Lipinski definition) is 2. The molecule has 8 aromatic rings. The van der Waals surface area contributed by atoms with E-state index >= 15 is 0 Å². The maximum Gasteiger partial charge on any atom is 0.134 e. The van der Waals surface area contributed by atoms with Crippen LogP contribution < -0.4 is 5.32 Å². The molecule has 0 amide bonds. The third-order valence-electron chi connectivity index (χ3n) is 9.47. The zero-order valence-corrected chi connectivity index (χ0v) is 26.3. The minimum atomic E-state index is -0.0638. The lowest BCUT2D eigenvalue weighted by atomic mass is 9.90. The molecule has 0 fully saturated rings. The fraction of sp³-hybridized carbons (Fsp3) is 0.0217. The first-order chi connectivity index (χ1) is 23.7. The van der Waals surface area contributed by atoms with Gasteiger partial charge in [0.2, 0.25) is 0 Å². The van der Waals surface area contributed by atoms with Crippen LogP contribution in [0.2, 0.25) is 0 Å². The van der Waals surface area contributed by atoms with Crippen LogP contribution in [0.15, 0.2) is 187 Å². The van der Waals surface area contributed by atoms with Gasteiger partial charge < -0.3 is 5.32 Å². The van der Waals surface area contributed by atoms with Gasteiger partial charge in [-0.15, -0.1) is 0 Å². The molecule has 1 N–H and O–H groups in total. The van der Waals surface area contributed by atoms with Gasteiger partial charge in [0.1, 0.15) is 5.84 Å². The lowest BCUT2D eigenvalue weighted by molar-refractivity contribution is 0.782. The molecule has 8 aromatic carbocycles. The first-order valence-corrected chi connectivity index (χ1v) is 16.5. The predicted octanol–water partition coefficient (Wildman–Crippen LogP) is 11.6. The largest absolute Gasteiger partial charge is 0.359 e. The molecule has 0 saturated carbocycles. The smallest absolute Gasteiger partial charge is 0.134 e. The third-order valence-corrected chi connectivity index (χ3v) is 9.47. The molecule has 0 spiro atoms. The van der Waals surface area contributed by atoms with Crippen LogP contribution in [-0.4, -0.2) is 5.84 Å². The number of aliphatic imine (C=N–C) groups is 1. The highest BCUT2D eigenvalue weighted by molar-refractivity contribution is 6.05. The molecule has 0 saturated heterocycles. The Morgan fingerprint density at radius 2 is 0.896 bits per heavy atom. The molecular formula is C46H32N2. The van der Waals surface area contributed by atoms with Crippen LogP contribution in [0.1, 0.15) is 22.7 Å². The summed E-state index contributed by atoms with van der Waals surface area (Å²) in [4.78, 5) is 5.36. The molecule has 1 aliphatic heterocycles. The van der Waals surface area contributed by atoms with Gasteiger partial charge in [-0.2, -0.15) is 0 Å². The van der Waals surface area contributed by atoms with Crippen molar-refractivity contribution in [2.75, 3.05) is 0 Å². The second-order valence-corrected chi connectivity index (χ2v) is 12.5. The second kappa shape index (κ2) is 11.8. The summed E-state index contributed by atoms with van der Waals surface area (Å²) >= 11 is 0. The van der Waals surface area contributed by atoms with Crippen molar-refractivity contribution in [2.24, 2.45) is 4.99 Å². The fourth-order valence-corrected chi connectivity index (χ4v) is 6.92. The standard InChI is InChI=1S/C46H32N2/c1-2-13-34(14-3-1)46-47-44(41-23-20-33-12-6-9-17-37(33)28-41)30-45(48-46)43-29-39(38-21-18-31-10-4-7-15-35(31)26-38)24-25-42(43)40-22-19-32-11-5-8-16-36(32)27-40/h1-30,44H,(H,47,48). The average Bonchev–Trinajstić information content (AvgIpc) is 3.17. The SMILES string of the molecule is C1=C(c2cc(-c3ccc4ccccc4c3)ccc2-c2ccc3ccccc3c2)N=C(c2ccccc2)NC1c1ccc2ccccc2c1. The number of amidine groups is 1. The molecule has 0 aromatic heterocycles. The highest BCUT2D eigenvalue weighted by Crippen LogP contribution is 2.38. The van der Waals surface area contributed by atoms with Gasteiger partial charge in [-0.1, -0.05) is 152 Å². The Kier molecular flexibility index (Phi) is 6.91. The topological polar surface area (TPSA) is 24.4 Å². The fourth-order valence-electron chi connectivity index (χ4n) is 6.92. The number of nitrogens with zero attached hydrogens (tertiary/aromatic N) is 1. The van der Waals surface area contributed by atoms with Crippen LogP contribution >= 0.6 is 0 Å². The minimum Gasteiger partial charge on any atom is -0.359 e. The van der Waals surface area contributed by atoms with Crippen molar-refractivity contribution in [3.63, 3.8) is 0 Å². The van der Waals surface area contributed by atoms with E-state index in [0.717, 1.165) is 28.2 Å². The molecule has 48 heavy (non-hydrogen) atoms. The van der Waals surface area contributed by atoms with E-state index in [0.29, 0.717) is 0 Å². The van der Waals surface area contributed by atoms with Crippen molar-refractivity contribution in [1.82, 2.24) is 5.32 Å². The van der Waals surface area contributed by atoms with Gasteiger partial charge in [0.05, 0.1) is 11.7 Å². The summed E-state index contributed by atoms with van der Waals surface area (Å²) in [7, 11) is 0. The number of nitrogens with one attached hydrogen (secondary N) is 1. The van der Waals surface area contributed by atoms with E-state index in [9.17, 15) is 0 Å². The number of hydrogen-bond donors (Lipinski definition) is 1. The van der Waals surface area contributed by atoms with E-state index in [1.807, 2.05) is 0 Å². The van der Waals surface area contributed by atoms with Crippen LogP contribution in [0.4, 0.5) is 0 Å². The van der Waals surface area contributed by atoms with Crippen LogP contribution in [0, 0.1) is 0 Å². The highest BCUT2D eigenvalue weighted by Gasteiger charge is 2.22. The van der Waals surface area contributed by atoms with Gasteiger partial charge in [-0.25, -0.2) is 4.99 Å². The minimum absolute atomic E-state index is 0.0638. The summed E-state index contributed by atoms with van der Waals surface area (Å²) < 4.78 is 0. The quantitative estimate of drug-likeness (QED) is 0.205. The molecule has 1 heterocycles. The summed E-state index contributed by atoms with van der Waals surface area (Å²) in [5.74, 6) is 0.867. The molecule has 2 heteroatoms. The Morgan fingerprint density at radius 1 is 0.375 bits per heavy atom. The van der Waals surface area contributed by atoms with Crippen molar-refractivity contribution >= 4 is 43.9 Å². The van der Waals surface area contributed by atoms with Crippen molar-refractivity contribution in [3.8, 4) is 22.3 Å². The van der Waals surface area contributed by atoms with E-state index in [4.69, 9.17) is 4.99 Å². The molecular weight excluding hydrogens is 581 g/mol. The summed E-state index contributed by atoms with van der Waals surface area (Å²) in [6.07, 6.45) is 2.29. The van der Waals surface area contributed by atoms with Crippen LogP contribution in [0.5, 0.6) is 0 Å². The Bertz CT molecular complexity index is 2540. The van der Waals surface area contributed by atoms with Crippen LogP contribution in [0.25, 0.3) is 60.3 Å². The maximum absolute atomic E-state index is 5.36. The van der Waals surface area contributed by atoms with Crippen LogP contribution in [-0.2, 0) is 0 Å². The van der Waals surface area contributed by atoms with Crippen LogP contribution in [0.3, 0.4) is 0 Å². The van der Waals surface area contributed by atoms with E-state index in [2.05, 4.69) is 187 Å². The summed E-state index contributed by atoms with van der Waals surface area (Å²) in [6, 6.07) is 63.1. The van der Waals surface area contributed by atoms with E-state index in [1.165, 1.54) is 54.6 Å². The normalized spacial score (nSPS) is 14.5. The van der Waals surface area contributed by atoms with E-state index in [-0.39, 0.29) is 6.04 Å². The van der Waals surface area contributed by atoms with Crippen molar-refractivity contribution in [1.29, 1.82) is 0 Å². The van der Waals surface area contributed by atoms with Gasteiger partial charge in [0.15, 0.2) is 0 Å². The van der Waals surface area contributed by atoms with Gasteiger partial charge in [-0.05, 0) is 90.5 Å². The zero-order valence-electron chi connectivity index (χ0n) is 26.3. The molecule has 1 aliphatic rings. The molecule has 226 valence electrons. The number of benzene rings is 8. The van der Waals surface area contributed by atoms with Gasteiger partial charge in [0.25, 0.3) is 0 Å². The lowest BCUT2D eigenvalue weighted by Crippen LogP contribution is -2.31. The lowest BCUT2D eigenvalue weighted by Gasteiger charge is -2.26. The second-order valence-electron chi connectivity index (χ2n) is 12.5. The van der Waals surface area contributed by atoms with E-state index in [1.54, 1.807) is 0 Å². The van der Waals surface area contributed by atoms with E-state index < -0.39 is 0 Å². The van der Waals surface area contributed by atoms with Gasteiger partial charge >= 0.3 is 0 Å². The van der Waals surface area contributed by atoms with Gasteiger partial charge in [-0.3, -0.25) is 0 Å². The summed E-state index contributed by atoms with van der Waals surface area (Å²) in [5, 5.41) is 11.2. The summed E-state index contributed by atoms with van der Waals surface area (Å²) in [6.45, 7) is 0. The highest BCUT2D eigenvalue weighted by atomic mass is 15.0. The predicted molar refractivity (Wildman–Crippen MR) is 203 cm³/mol. The molecule has 0 radical (unpaired) electrons. The maximum atomic E-state index is 5.36. The average molecular weight is 613 g/mol. The first-order valence-electron chi connectivity index (χ1n) is 16.5. The Labute approximate surface area is 280 Å². The summed E-state index contributed by atoms with van der Waals surface area (Å²) in [5.41, 5.74) is 9.01. The Hall–Kier alpha value is -6.25. The molecule has 2 nitrogen and oxygen atoms in total. The zero-order chi connectivity index (χ0) is 31.9. The monoisotopic (exact) mass is 612 g/mol.